The van der Waals surface area contributed by atoms with E-state index in [9.17, 15) is 0 Å². The van der Waals surface area contributed by atoms with Crippen molar-refractivity contribution in [3.8, 4) is 0 Å². The minimum Gasteiger partial charge on any atom is -0.475 e. The standard InChI is InChI=1S/C11H13NO.C4H11NO/c1-2-10-8-13-11(12-10)9-6-4-3-5-7-9;1-2-4(5)3-6/h3-7,10H,2,8H2,1H3;4,6H,2-3,5H2,1H3/t10-;4-/m11/s1. The number of aliphatic hydroxyl groups is 1. The third kappa shape index (κ3) is 5.41. The molecule has 0 aromatic heterocycles. The number of hydrogen-bond acceptors (Lipinski definition) is 4. The van der Waals surface area contributed by atoms with E-state index in [2.05, 4.69) is 11.9 Å². The maximum absolute atomic E-state index is 8.21. The van der Waals surface area contributed by atoms with Crippen molar-refractivity contribution < 1.29 is 9.84 Å². The van der Waals surface area contributed by atoms with Gasteiger partial charge in [0.2, 0.25) is 5.90 Å². The van der Waals surface area contributed by atoms with Crippen molar-refractivity contribution in [3.63, 3.8) is 0 Å². The monoisotopic (exact) mass is 264 g/mol. The summed E-state index contributed by atoms with van der Waals surface area (Å²) < 4.78 is 5.49. The Bertz CT molecular complexity index is 375. The molecule has 0 spiro atoms. The molecule has 0 unspecified atom stereocenters. The van der Waals surface area contributed by atoms with Gasteiger partial charge < -0.3 is 15.6 Å². The summed E-state index contributed by atoms with van der Waals surface area (Å²) in [6, 6.07) is 10.4. The van der Waals surface area contributed by atoms with Crippen LogP contribution in [0.5, 0.6) is 0 Å². The van der Waals surface area contributed by atoms with Crippen LogP contribution in [0.2, 0.25) is 0 Å². The molecule has 0 saturated carbocycles. The van der Waals surface area contributed by atoms with Crippen LogP contribution in [0.25, 0.3) is 0 Å². The van der Waals surface area contributed by atoms with Crippen LogP contribution in [-0.2, 0) is 4.74 Å². The largest absolute Gasteiger partial charge is 0.475 e. The average molecular weight is 264 g/mol. The van der Waals surface area contributed by atoms with Crippen LogP contribution < -0.4 is 5.73 Å². The number of nitrogens with two attached hydrogens (primary N) is 1. The molecule has 0 fully saturated rings. The lowest BCUT2D eigenvalue weighted by atomic mass is 10.2. The van der Waals surface area contributed by atoms with E-state index in [1.54, 1.807) is 0 Å². The fourth-order valence-electron chi connectivity index (χ4n) is 1.49. The molecule has 0 aliphatic carbocycles. The topological polar surface area (TPSA) is 67.8 Å². The number of hydrogen-bond donors (Lipinski definition) is 2. The fourth-order valence-corrected chi connectivity index (χ4v) is 1.49. The third-order valence-corrected chi connectivity index (χ3v) is 2.96. The molecule has 3 N–H and O–H groups in total. The normalized spacial score (nSPS) is 18.9. The van der Waals surface area contributed by atoms with Gasteiger partial charge in [0.1, 0.15) is 6.61 Å². The Hall–Kier alpha value is -1.39. The highest BCUT2D eigenvalue weighted by Gasteiger charge is 2.17. The van der Waals surface area contributed by atoms with Crippen molar-refractivity contribution in [2.45, 2.75) is 38.8 Å². The number of aliphatic hydroxyl groups excluding tert-OH is 1. The zero-order valence-corrected chi connectivity index (χ0v) is 11.7. The Kier molecular flexibility index (Phi) is 7.15. The van der Waals surface area contributed by atoms with Gasteiger partial charge in [-0.1, -0.05) is 32.0 Å². The smallest absolute Gasteiger partial charge is 0.216 e. The van der Waals surface area contributed by atoms with Crippen LogP contribution in [0, 0.1) is 0 Å². The minimum absolute atomic E-state index is 0.00926. The maximum atomic E-state index is 8.21. The van der Waals surface area contributed by atoms with E-state index in [-0.39, 0.29) is 12.6 Å². The molecule has 0 saturated heterocycles. The summed E-state index contributed by atoms with van der Waals surface area (Å²) >= 11 is 0. The molecule has 4 heteroatoms. The molecule has 1 aromatic rings. The first kappa shape index (κ1) is 15.7. The second-order valence-corrected chi connectivity index (χ2v) is 4.52. The first-order valence-electron chi connectivity index (χ1n) is 6.83. The van der Waals surface area contributed by atoms with Crippen molar-refractivity contribution in [3.05, 3.63) is 35.9 Å². The van der Waals surface area contributed by atoms with Gasteiger partial charge in [-0.3, -0.25) is 0 Å². The molecule has 106 valence electrons. The first-order valence-corrected chi connectivity index (χ1v) is 6.83. The Morgan fingerprint density at radius 1 is 1.37 bits per heavy atom. The Labute approximate surface area is 115 Å². The molecular formula is C15H24N2O2. The number of aliphatic imine (C=N–C) groups is 1. The Balaban J connectivity index is 0.000000258. The van der Waals surface area contributed by atoms with E-state index in [0.717, 1.165) is 30.9 Å². The third-order valence-electron chi connectivity index (χ3n) is 2.96. The molecule has 2 rings (SSSR count). The molecule has 1 heterocycles. The van der Waals surface area contributed by atoms with Crippen LogP contribution in [0.4, 0.5) is 0 Å². The van der Waals surface area contributed by atoms with Gasteiger partial charge in [-0.25, -0.2) is 4.99 Å². The summed E-state index contributed by atoms with van der Waals surface area (Å²) in [7, 11) is 0. The van der Waals surface area contributed by atoms with Gasteiger partial charge >= 0.3 is 0 Å². The summed E-state index contributed by atoms with van der Waals surface area (Å²) in [6.45, 7) is 4.92. The average Bonchev–Trinajstić information content (AvgIpc) is 2.97. The van der Waals surface area contributed by atoms with Crippen molar-refractivity contribution in [2.24, 2.45) is 10.7 Å². The zero-order chi connectivity index (χ0) is 14.1. The molecule has 19 heavy (non-hydrogen) atoms. The predicted octanol–water partition coefficient (Wildman–Crippen LogP) is 1.96. The van der Waals surface area contributed by atoms with Crippen LogP contribution in [0.3, 0.4) is 0 Å². The van der Waals surface area contributed by atoms with E-state index >= 15 is 0 Å². The predicted molar refractivity (Wildman–Crippen MR) is 78.4 cm³/mol. The van der Waals surface area contributed by atoms with Crippen molar-refractivity contribution in [1.29, 1.82) is 0 Å². The minimum atomic E-state index is -0.00926. The van der Waals surface area contributed by atoms with E-state index in [1.807, 2.05) is 37.3 Å². The second kappa shape index (κ2) is 8.67. The van der Waals surface area contributed by atoms with Gasteiger partial charge in [0.15, 0.2) is 0 Å². The molecule has 4 nitrogen and oxygen atoms in total. The molecule has 1 aliphatic heterocycles. The highest BCUT2D eigenvalue weighted by Crippen LogP contribution is 2.13. The SMILES string of the molecule is CC[C@@H](N)CO.CC[C@@H]1COC(c2ccccc2)=N1. The van der Waals surface area contributed by atoms with Crippen LogP contribution in [-0.4, -0.2) is 36.3 Å². The quantitative estimate of drug-likeness (QED) is 0.873. The van der Waals surface area contributed by atoms with Crippen molar-refractivity contribution >= 4 is 5.90 Å². The molecule has 0 amide bonds. The highest BCUT2D eigenvalue weighted by atomic mass is 16.5. The maximum Gasteiger partial charge on any atom is 0.216 e. The van der Waals surface area contributed by atoms with Crippen LogP contribution in [0.1, 0.15) is 32.3 Å². The van der Waals surface area contributed by atoms with E-state index in [0.29, 0.717) is 6.04 Å². The molecule has 2 atom stereocenters. The summed E-state index contributed by atoms with van der Waals surface area (Å²) in [5, 5.41) is 8.21. The summed E-state index contributed by atoms with van der Waals surface area (Å²) in [5.41, 5.74) is 6.30. The van der Waals surface area contributed by atoms with E-state index < -0.39 is 0 Å². The number of nitrogens with zero attached hydrogens (tertiary/aromatic N) is 1. The van der Waals surface area contributed by atoms with Gasteiger partial charge in [0.25, 0.3) is 0 Å². The Morgan fingerprint density at radius 2 is 2.05 bits per heavy atom. The first-order chi connectivity index (χ1) is 9.21. The molecule has 0 bridgehead atoms. The molecular weight excluding hydrogens is 240 g/mol. The lowest BCUT2D eigenvalue weighted by Gasteiger charge is -1.99. The fraction of sp³-hybridized carbons (Fsp3) is 0.533. The van der Waals surface area contributed by atoms with Gasteiger partial charge in [0.05, 0.1) is 12.6 Å². The second-order valence-electron chi connectivity index (χ2n) is 4.52. The molecule has 1 aliphatic rings. The number of ether oxygens (including phenoxy) is 1. The van der Waals surface area contributed by atoms with Crippen molar-refractivity contribution in [2.75, 3.05) is 13.2 Å². The lowest BCUT2D eigenvalue weighted by molar-refractivity contribution is 0.263. The van der Waals surface area contributed by atoms with Gasteiger partial charge in [-0.15, -0.1) is 0 Å². The number of rotatable bonds is 4. The highest BCUT2D eigenvalue weighted by molar-refractivity contribution is 5.95. The van der Waals surface area contributed by atoms with Gasteiger partial charge in [0, 0.05) is 11.6 Å². The summed E-state index contributed by atoms with van der Waals surface area (Å²) in [6.07, 6.45) is 1.91. The molecule has 0 radical (unpaired) electrons. The van der Waals surface area contributed by atoms with E-state index in [4.69, 9.17) is 15.6 Å². The van der Waals surface area contributed by atoms with Gasteiger partial charge in [-0.2, -0.15) is 0 Å². The van der Waals surface area contributed by atoms with Crippen LogP contribution >= 0.6 is 0 Å². The Morgan fingerprint density at radius 3 is 2.47 bits per heavy atom. The van der Waals surface area contributed by atoms with E-state index in [1.165, 1.54) is 0 Å². The number of benzene rings is 1. The van der Waals surface area contributed by atoms with Crippen LogP contribution in [0.15, 0.2) is 35.3 Å². The molecule has 1 aromatic carbocycles. The van der Waals surface area contributed by atoms with Crippen molar-refractivity contribution in [1.82, 2.24) is 0 Å². The summed E-state index contributed by atoms with van der Waals surface area (Å²) in [5.74, 6) is 0.799. The lowest BCUT2D eigenvalue weighted by Crippen LogP contribution is -2.22. The summed E-state index contributed by atoms with van der Waals surface area (Å²) in [4.78, 5) is 4.47. The zero-order valence-electron chi connectivity index (χ0n) is 11.7. The van der Waals surface area contributed by atoms with Gasteiger partial charge in [-0.05, 0) is 25.0 Å².